The van der Waals surface area contributed by atoms with Crippen molar-refractivity contribution in [1.29, 1.82) is 0 Å². The maximum absolute atomic E-state index is 5.26. The molecule has 3 aromatic heterocycles. The van der Waals surface area contributed by atoms with Crippen LogP contribution in [0.2, 0.25) is 0 Å². The maximum atomic E-state index is 5.26. The Bertz CT molecular complexity index is 3220. The Morgan fingerprint density at radius 1 is 0.246 bits per heavy atom. The van der Waals surface area contributed by atoms with Gasteiger partial charge < -0.3 is 4.57 Å². The summed E-state index contributed by atoms with van der Waals surface area (Å²) in [6.07, 6.45) is 0. The number of hydrogen-bond acceptors (Lipinski definition) is 6. The molecule has 0 fully saturated rings. The fourth-order valence-electron chi connectivity index (χ4n) is 7.96. The average Bonchev–Trinajstić information content (AvgIpc) is 3.68. The highest BCUT2D eigenvalue weighted by molar-refractivity contribution is 6.11. The van der Waals surface area contributed by atoms with Crippen LogP contribution in [0.4, 0.5) is 0 Å². The SMILES string of the molecule is c1ccc(-c2ccc3c(c2)c2ccccc2n3-c2ccc(-c3nc(-c4ccccc4)nc(-c4ccccc4)n3)cc2-c2nc(-c3ccccc3)nc(-c3ccccc3)n2)cc1. The molecule has 0 unspecified atom stereocenters. The van der Waals surface area contributed by atoms with Crippen LogP contribution in [0.3, 0.4) is 0 Å². The Kier molecular flexibility index (Phi) is 9.02. The molecule has 0 saturated heterocycles. The fourth-order valence-corrected chi connectivity index (χ4v) is 7.96. The van der Waals surface area contributed by atoms with Gasteiger partial charge in [0.25, 0.3) is 0 Å². The first-order chi connectivity index (χ1) is 30.2. The molecule has 8 aromatic carbocycles. The van der Waals surface area contributed by atoms with Gasteiger partial charge in [-0.15, -0.1) is 0 Å². The van der Waals surface area contributed by atoms with E-state index in [9.17, 15) is 0 Å². The molecule has 7 heteroatoms. The zero-order valence-corrected chi connectivity index (χ0v) is 32.8. The summed E-state index contributed by atoms with van der Waals surface area (Å²) in [5.41, 5.74) is 10.5. The molecule has 286 valence electrons. The normalized spacial score (nSPS) is 11.3. The van der Waals surface area contributed by atoms with Crippen molar-refractivity contribution in [2.75, 3.05) is 0 Å². The van der Waals surface area contributed by atoms with Crippen LogP contribution in [0, 0.1) is 0 Å². The highest BCUT2D eigenvalue weighted by Gasteiger charge is 2.22. The summed E-state index contributed by atoms with van der Waals surface area (Å²) in [5.74, 6) is 3.39. The van der Waals surface area contributed by atoms with Crippen LogP contribution in [0.1, 0.15) is 0 Å². The van der Waals surface area contributed by atoms with E-state index in [4.69, 9.17) is 29.9 Å². The second kappa shape index (κ2) is 15.4. The zero-order valence-electron chi connectivity index (χ0n) is 32.8. The van der Waals surface area contributed by atoms with E-state index in [-0.39, 0.29) is 0 Å². The smallest absolute Gasteiger partial charge is 0.166 e. The van der Waals surface area contributed by atoms with E-state index in [1.54, 1.807) is 0 Å². The fraction of sp³-hybridized carbons (Fsp3) is 0. The molecule has 61 heavy (non-hydrogen) atoms. The van der Waals surface area contributed by atoms with E-state index >= 15 is 0 Å². The number of nitrogens with zero attached hydrogens (tertiary/aromatic N) is 7. The first-order valence-corrected chi connectivity index (χ1v) is 20.2. The molecule has 11 aromatic rings. The molecule has 7 nitrogen and oxygen atoms in total. The predicted octanol–water partition coefficient (Wildman–Crippen LogP) is 12.8. The molecule has 0 spiro atoms. The first-order valence-electron chi connectivity index (χ1n) is 20.2. The van der Waals surface area contributed by atoms with Crippen molar-refractivity contribution in [2.45, 2.75) is 0 Å². The lowest BCUT2D eigenvalue weighted by Gasteiger charge is -2.16. The van der Waals surface area contributed by atoms with Gasteiger partial charge in [-0.25, -0.2) is 29.9 Å². The van der Waals surface area contributed by atoms with Gasteiger partial charge in [-0.2, -0.15) is 0 Å². The van der Waals surface area contributed by atoms with Gasteiger partial charge in [0.1, 0.15) is 0 Å². The van der Waals surface area contributed by atoms with Gasteiger partial charge in [-0.3, -0.25) is 0 Å². The van der Waals surface area contributed by atoms with E-state index in [2.05, 4.69) is 95.6 Å². The average molecular weight is 782 g/mol. The van der Waals surface area contributed by atoms with Crippen LogP contribution in [-0.4, -0.2) is 34.5 Å². The number of hydrogen-bond donors (Lipinski definition) is 0. The molecule has 11 rings (SSSR count). The van der Waals surface area contributed by atoms with Gasteiger partial charge in [0.05, 0.1) is 16.7 Å². The Morgan fingerprint density at radius 3 is 1.11 bits per heavy atom. The molecular weight excluding hydrogens is 747 g/mol. The van der Waals surface area contributed by atoms with E-state index < -0.39 is 0 Å². The van der Waals surface area contributed by atoms with Crippen molar-refractivity contribution in [1.82, 2.24) is 34.5 Å². The highest BCUT2D eigenvalue weighted by Crippen LogP contribution is 2.39. The Balaban J connectivity index is 1.20. The van der Waals surface area contributed by atoms with Crippen molar-refractivity contribution in [3.63, 3.8) is 0 Å². The van der Waals surface area contributed by atoms with Crippen molar-refractivity contribution in [2.24, 2.45) is 0 Å². The second-order valence-corrected chi connectivity index (χ2v) is 14.8. The molecule has 0 bridgehead atoms. The molecule has 0 amide bonds. The molecule has 0 aliphatic rings. The van der Waals surface area contributed by atoms with Crippen molar-refractivity contribution >= 4 is 21.8 Å². The van der Waals surface area contributed by atoms with E-state index in [1.807, 2.05) is 121 Å². The van der Waals surface area contributed by atoms with Gasteiger partial charge in [0.2, 0.25) is 0 Å². The van der Waals surface area contributed by atoms with E-state index in [0.717, 1.165) is 66.4 Å². The van der Waals surface area contributed by atoms with E-state index in [1.165, 1.54) is 5.56 Å². The Hall–Kier alpha value is -8.42. The molecule has 3 heterocycles. The van der Waals surface area contributed by atoms with Crippen LogP contribution in [-0.2, 0) is 0 Å². The monoisotopic (exact) mass is 781 g/mol. The summed E-state index contributed by atoms with van der Waals surface area (Å²) < 4.78 is 2.32. The van der Waals surface area contributed by atoms with Gasteiger partial charge in [0.15, 0.2) is 34.9 Å². The number of aromatic nitrogens is 7. The van der Waals surface area contributed by atoms with Crippen molar-refractivity contribution in [3.05, 3.63) is 212 Å². The summed E-state index contributed by atoms with van der Waals surface area (Å²) in [4.78, 5) is 30.8. The summed E-state index contributed by atoms with van der Waals surface area (Å²) in [6, 6.07) is 72.4. The second-order valence-electron chi connectivity index (χ2n) is 14.8. The maximum Gasteiger partial charge on any atom is 0.166 e. The lowest BCUT2D eigenvalue weighted by molar-refractivity contribution is 1.06. The third-order valence-corrected chi connectivity index (χ3v) is 10.9. The summed E-state index contributed by atoms with van der Waals surface area (Å²) in [5, 5.41) is 2.29. The van der Waals surface area contributed by atoms with Crippen LogP contribution in [0.25, 0.3) is 107 Å². The van der Waals surface area contributed by atoms with Crippen LogP contribution < -0.4 is 0 Å². The predicted molar refractivity (Wildman–Crippen MR) is 246 cm³/mol. The minimum absolute atomic E-state index is 0.525. The minimum Gasteiger partial charge on any atom is -0.309 e. The summed E-state index contributed by atoms with van der Waals surface area (Å²) in [6.45, 7) is 0. The lowest BCUT2D eigenvalue weighted by atomic mass is 10.0. The molecule has 0 aliphatic carbocycles. The van der Waals surface area contributed by atoms with Crippen LogP contribution >= 0.6 is 0 Å². The third-order valence-electron chi connectivity index (χ3n) is 10.9. The number of rotatable bonds is 8. The third kappa shape index (κ3) is 6.80. The van der Waals surface area contributed by atoms with Crippen molar-refractivity contribution < 1.29 is 0 Å². The van der Waals surface area contributed by atoms with Crippen LogP contribution in [0.5, 0.6) is 0 Å². The molecule has 0 aliphatic heterocycles. The Morgan fingerprint density at radius 2 is 0.623 bits per heavy atom. The Labute approximate surface area is 352 Å². The quantitative estimate of drug-likeness (QED) is 0.153. The first kappa shape index (κ1) is 35.7. The number of benzene rings is 8. The topological polar surface area (TPSA) is 82.3 Å². The molecule has 0 radical (unpaired) electrons. The molecular formula is C54H35N7. The standard InChI is InChI=1S/C54H35N7/c1-6-18-36(19-7-1)41-30-32-47-44(34-41)43-28-16-17-29-46(43)61(47)48-33-31-42(53-57-49(37-20-8-2-9-21-37)55-50(58-53)38-22-10-3-11-23-38)35-45(48)54-59-51(39-24-12-4-13-25-39)56-52(60-54)40-26-14-5-15-27-40/h1-35H. The molecule has 0 saturated carbocycles. The largest absolute Gasteiger partial charge is 0.309 e. The van der Waals surface area contributed by atoms with Gasteiger partial charge in [0, 0.05) is 44.2 Å². The number of fused-ring (bicyclic) bond motifs is 3. The highest BCUT2D eigenvalue weighted by atomic mass is 15.1. The van der Waals surface area contributed by atoms with Gasteiger partial charge >= 0.3 is 0 Å². The lowest BCUT2D eigenvalue weighted by Crippen LogP contribution is -2.05. The minimum atomic E-state index is 0.525. The molecule has 0 atom stereocenters. The summed E-state index contributed by atoms with van der Waals surface area (Å²) >= 11 is 0. The van der Waals surface area contributed by atoms with Gasteiger partial charge in [-0.05, 0) is 47.5 Å². The van der Waals surface area contributed by atoms with E-state index in [0.29, 0.717) is 34.9 Å². The number of para-hydroxylation sites is 1. The van der Waals surface area contributed by atoms with Crippen LogP contribution in [0.15, 0.2) is 212 Å². The van der Waals surface area contributed by atoms with Gasteiger partial charge in [-0.1, -0.05) is 176 Å². The summed E-state index contributed by atoms with van der Waals surface area (Å²) in [7, 11) is 0. The molecule has 0 N–H and O–H groups in total. The van der Waals surface area contributed by atoms with Crippen molar-refractivity contribution in [3.8, 4) is 85.1 Å². The zero-order chi connectivity index (χ0) is 40.5.